The second kappa shape index (κ2) is 12.2. The van der Waals surface area contributed by atoms with E-state index in [4.69, 9.17) is 0 Å². The lowest BCUT2D eigenvalue weighted by Crippen LogP contribution is -2.43. The Labute approximate surface area is 204 Å². The van der Waals surface area contributed by atoms with Crippen molar-refractivity contribution < 1.29 is 9.59 Å². The molecule has 2 aromatic carbocycles. The number of hydrogen-bond acceptors (Lipinski definition) is 3. The van der Waals surface area contributed by atoms with E-state index in [0.717, 1.165) is 32.4 Å². The van der Waals surface area contributed by atoms with Crippen molar-refractivity contribution in [1.82, 2.24) is 15.1 Å². The third kappa shape index (κ3) is 6.69. The molecule has 2 amide bonds. The molecule has 0 spiro atoms. The lowest BCUT2D eigenvalue weighted by Gasteiger charge is -2.34. The highest BCUT2D eigenvalue weighted by molar-refractivity contribution is 5.80. The molecule has 5 nitrogen and oxygen atoms in total. The van der Waals surface area contributed by atoms with Gasteiger partial charge in [-0.25, -0.2) is 0 Å². The third-order valence-electron chi connectivity index (χ3n) is 7.57. The van der Waals surface area contributed by atoms with Gasteiger partial charge in [-0.05, 0) is 62.3 Å². The number of amides is 2. The summed E-state index contributed by atoms with van der Waals surface area (Å²) in [7, 11) is 0. The first kappa shape index (κ1) is 24.5. The normalized spacial score (nSPS) is 19.7. The van der Waals surface area contributed by atoms with E-state index < -0.39 is 0 Å². The molecule has 2 saturated heterocycles. The van der Waals surface area contributed by atoms with Gasteiger partial charge in [0.05, 0.1) is 0 Å². The monoisotopic (exact) mass is 461 g/mol. The number of hydrogen-bond donors (Lipinski definition) is 1. The fourth-order valence-corrected chi connectivity index (χ4v) is 5.27. The molecule has 0 aromatic heterocycles. The van der Waals surface area contributed by atoms with Crippen LogP contribution in [0.4, 0.5) is 0 Å². The molecular weight excluding hydrogens is 422 g/mol. The quantitative estimate of drug-likeness (QED) is 0.628. The van der Waals surface area contributed by atoms with Gasteiger partial charge in [0.15, 0.2) is 0 Å². The van der Waals surface area contributed by atoms with Crippen LogP contribution in [0.25, 0.3) is 0 Å². The van der Waals surface area contributed by atoms with Gasteiger partial charge in [0.25, 0.3) is 0 Å². The van der Waals surface area contributed by atoms with Gasteiger partial charge in [-0.2, -0.15) is 0 Å². The van der Waals surface area contributed by atoms with Crippen LogP contribution in [0.3, 0.4) is 0 Å². The summed E-state index contributed by atoms with van der Waals surface area (Å²) in [5.41, 5.74) is 3.72. The molecule has 5 heteroatoms. The molecule has 4 rings (SSSR count). The number of likely N-dealkylation sites (tertiary alicyclic amines) is 2. The van der Waals surface area contributed by atoms with Crippen molar-refractivity contribution in [3.8, 4) is 0 Å². The zero-order chi connectivity index (χ0) is 23.8. The van der Waals surface area contributed by atoms with Crippen LogP contribution in [0, 0.1) is 5.92 Å². The first-order valence-electron chi connectivity index (χ1n) is 13.0. The fraction of sp³-hybridized carbons (Fsp3) is 0.517. The molecule has 2 aromatic rings. The lowest BCUT2D eigenvalue weighted by molar-refractivity contribution is -0.135. The van der Waals surface area contributed by atoms with E-state index in [1.807, 2.05) is 23.1 Å². The van der Waals surface area contributed by atoms with Gasteiger partial charge in [0.2, 0.25) is 11.8 Å². The van der Waals surface area contributed by atoms with E-state index in [1.165, 1.54) is 36.0 Å². The van der Waals surface area contributed by atoms with Crippen LogP contribution in [0.1, 0.15) is 62.1 Å². The van der Waals surface area contributed by atoms with Crippen molar-refractivity contribution in [3.05, 3.63) is 71.3 Å². The minimum Gasteiger partial charge on any atom is -0.352 e. The summed E-state index contributed by atoms with van der Waals surface area (Å²) < 4.78 is 0. The summed E-state index contributed by atoms with van der Waals surface area (Å²) >= 11 is 0. The standard InChI is InChI=1S/C29H39N3O2/c1-23-9-7-8-18-32(23)22-27-13-6-5-12-26(27)21-30-29(34)25-16-19-31(20-17-25)28(33)15-14-24-10-3-2-4-11-24/h2-6,10-13,23,25H,7-9,14-22H2,1H3,(H,30,34). The van der Waals surface area contributed by atoms with Gasteiger partial charge in [0.1, 0.15) is 0 Å². The molecule has 182 valence electrons. The second-order valence-corrected chi connectivity index (χ2v) is 9.94. The Morgan fingerprint density at radius 3 is 2.32 bits per heavy atom. The van der Waals surface area contributed by atoms with Crippen molar-refractivity contribution in [3.63, 3.8) is 0 Å². The van der Waals surface area contributed by atoms with Crippen molar-refractivity contribution in [2.24, 2.45) is 5.92 Å². The number of carbonyl (C=O) groups excluding carboxylic acids is 2. The molecular formula is C29H39N3O2. The predicted octanol–water partition coefficient (Wildman–Crippen LogP) is 4.55. The van der Waals surface area contributed by atoms with Crippen LogP contribution in [0.5, 0.6) is 0 Å². The zero-order valence-electron chi connectivity index (χ0n) is 20.5. The highest BCUT2D eigenvalue weighted by Crippen LogP contribution is 2.22. The van der Waals surface area contributed by atoms with Gasteiger partial charge < -0.3 is 10.2 Å². The number of nitrogens with zero attached hydrogens (tertiary/aromatic N) is 2. The summed E-state index contributed by atoms with van der Waals surface area (Å²) in [6.07, 6.45) is 6.67. The Kier molecular flexibility index (Phi) is 8.75. The molecule has 0 saturated carbocycles. The largest absolute Gasteiger partial charge is 0.352 e. The summed E-state index contributed by atoms with van der Waals surface area (Å²) in [5, 5.41) is 3.19. The maximum absolute atomic E-state index is 12.9. The summed E-state index contributed by atoms with van der Waals surface area (Å²) in [4.78, 5) is 30.0. The molecule has 1 atom stereocenters. The van der Waals surface area contributed by atoms with Crippen molar-refractivity contribution in [2.45, 2.75) is 71.0 Å². The molecule has 0 bridgehead atoms. The van der Waals surface area contributed by atoms with E-state index in [-0.39, 0.29) is 17.7 Å². The topological polar surface area (TPSA) is 52.7 Å². The number of benzene rings is 2. The van der Waals surface area contributed by atoms with Gasteiger partial charge in [-0.3, -0.25) is 14.5 Å². The molecule has 34 heavy (non-hydrogen) atoms. The molecule has 0 radical (unpaired) electrons. The Bertz CT molecular complexity index is 937. The summed E-state index contributed by atoms with van der Waals surface area (Å²) in [6, 6.07) is 19.3. The highest BCUT2D eigenvalue weighted by Gasteiger charge is 2.27. The Morgan fingerprint density at radius 1 is 0.882 bits per heavy atom. The smallest absolute Gasteiger partial charge is 0.223 e. The van der Waals surface area contributed by atoms with Gasteiger partial charge in [-0.15, -0.1) is 0 Å². The number of nitrogens with one attached hydrogen (secondary N) is 1. The van der Waals surface area contributed by atoms with Gasteiger partial charge >= 0.3 is 0 Å². The van der Waals surface area contributed by atoms with E-state index >= 15 is 0 Å². The average molecular weight is 462 g/mol. The lowest BCUT2D eigenvalue weighted by atomic mass is 9.95. The molecule has 1 unspecified atom stereocenters. The Hall–Kier alpha value is -2.66. The van der Waals surface area contributed by atoms with Gasteiger partial charge in [-0.1, -0.05) is 61.0 Å². The second-order valence-electron chi connectivity index (χ2n) is 9.94. The van der Waals surface area contributed by atoms with Gasteiger partial charge in [0, 0.05) is 44.6 Å². The summed E-state index contributed by atoms with van der Waals surface area (Å²) in [6.45, 7) is 6.36. The third-order valence-corrected chi connectivity index (χ3v) is 7.57. The zero-order valence-corrected chi connectivity index (χ0v) is 20.5. The Balaban J connectivity index is 1.22. The molecule has 0 aliphatic carbocycles. The van der Waals surface area contributed by atoms with E-state index in [0.29, 0.717) is 32.1 Å². The van der Waals surface area contributed by atoms with Crippen molar-refractivity contribution in [1.29, 1.82) is 0 Å². The SMILES string of the molecule is CC1CCCCN1Cc1ccccc1CNC(=O)C1CCN(C(=O)CCc2ccccc2)CC1. The van der Waals surface area contributed by atoms with Crippen LogP contribution in [-0.4, -0.2) is 47.3 Å². The molecule has 2 aliphatic rings. The van der Waals surface area contributed by atoms with Crippen molar-refractivity contribution in [2.75, 3.05) is 19.6 Å². The predicted molar refractivity (Wildman–Crippen MR) is 136 cm³/mol. The Morgan fingerprint density at radius 2 is 1.59 bits per heavy atom. The van der Waals surface area contributed by atoms with Crippen LogP contribution in [0.2, 0.25) is 0 Å². The van der Waals surface area contributed by atoms with Crippen molar-refractivity contribution >= 4 is 11.8 Å². The minimum absolute atomic E-state index is 0.00699. The molecule has 2 fully saturated rings. The summed E-state index contributed by atoms with van der Waals surface area (Å²) in [5.74, 6) is 0.313. The molecule has 1 N–H and O–H groups in total. The van der Waals surface area contributed by atoms with Crippen LogP contribution in [0.15, 0.2) is 54.6 Å². The maximum atomic E-state index is 12.9. The molecule has 2 aliphatic heterocycles. The van der Waals surface area contributed by atoms with E-state index in [9.17, 15) is 9.59 Å². The first-order valence-corrected chi connectivity index (χ1v) is 13.0. The minimum atomic E-state index is -0.00699. The first-order chi connectivity index (χ1) is 16.6. The van der Waals surface area contributed by atoms with E-state index in [1.54, 1.807) is 0 Å². The number of carbonyl (C=O) groups is 2. The van der Waals surface area contributed by atoms with E-state index in [2.05, 4.69) is 53.5 Å². The number of rotatable bonds is 8. The average Bonchev–Trinajstić information content (AvgIpc) is 2.88. The number of piperidine rings is 2. The number of aryl methyl sites for hydroxylation is 1. The fourth-order valence-electron chi connectivity index (χ4n) is 5.27. The van der Waals surface area contributed by atoms with Crippen LogP contribution >= 0.6 is 0 Å². The van der Waals surface area contributed by atoms with Crippen LogP contribution < -0.4 is 5.32 Å². The molecule has 2 heterocycles. The maximum Gasteiger partial charge on any atom is 0.223 e. The van der Waals surface area contributed by atoms with Crippen LogP contribution in [-0.2, 0) is 29.1 Å². The highest BCUT2D eigenvalue weighted by atomic mass is 16.2.